The van der Waals surface area contributed by atoms with Gasteiger partial charge in [-0.05, 0) is 44.4 Å². The fourth-order valence-corrected chi connectivity index (χ4v) is 2.86. The topological polar surface area (TPSA) is 32.7 Å². The molecule has 3 nitrogen and oxygen atoms in total. The Labute approximate surface area is 152 Å². The summed E-state index contributed by atoms with van der Waals surface area (Å²) in [5.41, 5.74) is 5.03. The Balaban J connectivity index is 1.86. The minimum atomic E-state index is -0.490. The molecule has 1 N–H and O–H groups in total. The number of hydrogen-bond acceptors (Lipinski definition) is 3. The van der Waals surface area contributed by atoms with Crippen LogP contribution in [0.5, 0.6) is 0 Å². The molecule has 0 spiro atoms. The first-order valence-corrected chi connectivity index (χ1v) is 9.05. The molecule has 0 saturated carbocycles. The number of hydrogen-bond donors (Lipinski definition) is 1. The van der Waals surface area contributed by atoms with E-state index < -0.39 is 6.10 Å². The number of rotatable bonds is 9. The predicted octanol–water partition coefficient (Wildman–Crippen LogP) is 4.09. The van der Waals surface area contributed by atoms with Gasteiger partial charge in [0, 0.05) is 19.1 Å². The number of nitrogens with zero attached hydrogens (tertiary/aromatic N) is 1. The van der Waals surface area contributed by atoms with Gasteiger partial charge in [0.2, 0.25) is 0 Å². The average molecular weight is 341 g/mol. The molecule has 2 aromatic rings. The van der Waals surface area contributed by atoms with Crippen molar-refractivity contribution in [3.05, 3.63) is 70.8 Å². The van der Waals surface area contributed by atoms with E-state index in [0.717, 1.165) is 12.1 Å². The van der Waals surface area contributed by atoms with Crippen LogP contribution < -0.4 is 0 Å². The molecule has 0 unspecified atom stereocenters. The van der Waals surface area contributed by atoms with Gasteiger partial charge in [-0.2, -0.15) is 0 Å². The SMILES string of the molecule is Cc1ccc(C)c(CN(C[C@H](O)COCc2ccccc2)C(C)C)c1. The van der Waals surface area contributed by atoms with E-state index in [-0.39, 0.29) is 0 Å². The fraction of sp³-hybridized carbons (Fsp3) is 0.455. The Hall–Kier alpha value is -1.68. The van der Waals surface area contributed by atoms with E-state index in [9.17, 15) is 5.11 Å². The first-order chi connectivity index (χ1) is 12.0. The summed E-state index contributed by atoms with van der Waals surface area (Å²) in [5.74, 6) is 0. The van der Waals surface area contributed by atoms with E-state index in [2.05, 4.69) is 50.8 Å². The van der Waals surface area contributed by atoms with Crippen LogP contribution in [-0.2, 0) is 17.9 Å². The third-order valence-corrected chi connectivity index (χ3v) is 4.48. The monoisotopic (exact) mass is 341 g/mol. The molecule has 2 aromatic carbocycles. The van der Waals surface area contributed by atoms with E-state index in [1.165, 1.54) is 16.7 Å². The van der Waals surface area contributed by atoms with E-state index in [4.69, 9.17) is 4.74 Å². The zero-order valence-electron chi connectivity index (χ0n) is 15.9. The Kier molecular flexibility index (Phi) is 7.63. The average Bonchev–Trinajstić information content (AvgIpc) is 2.58. The first kappa shape index (κ1) is 19.6. The number of aliphatic hydroxyl groups excluding tert-OH is 1. The molecule has 0 fully saturated rings. The second-order valence-corrected chi connectivity index (χ2v) is 7.11. The summed E-state index contributed by atoms with van der Waals surface area (Å²) in [4.78, 5) is 2.30. The normalized spacial score (nSPS) is 12.8. The van der Waals surface area contributed by atoms with Crippen molar-refractivity contribution in [1.82, 2.24) is 4.90 Å². The van der Waals surface area contributed by atoms with Gasteiger partial charge in [-0.1, -0.05) is 54.1 Å². The molecule has 0 amide bonds. The lowest BCUT2D eigenvalue weighted by Crippen LogP contribution is -2.39. The fourth-order valence-electron chi connectivity index (χ4n) is 2.86. The second kappa shape index (κ2) is 9.71. The summed E-state index contributed by atoms with van der Waals surface area (Å²) in [5, 5.41) is 10.4. The second-order valence-electron chi connectivity index (χ2n) is 7.11. The van der Waals surface area contributed by atoms with Crippen LogP contribution in [-0.4, -0.2) is 35.3 Å². The summed E-state index contributed by atoms with van der Waals surface area (Å²) >= 11 is 0. The van der Waals surface area contributed by atoms with Crippen LogP contribution in [0.25, 0.3) is 0 Å². The number of ether oxygens (including phenoxy) is 1. The highest BCUT2D eigenvalue weighted by atomic mass is 16.5. The maximum atomic E-state index is 10.4. The molecule has 25 heavy (non-hydrogen) atoms. The maximum Gasteiger partial charge on any atom is 0.0900 e. The molecule has 3 heteroatoms. The molecule has 0 aromatic heterocycles. The minimum absolute atomic E-state index is 0.352. The Morgan fingerprint density at radius 3 is 2.44 bits per heavy atom. The lowest BCUT2D eigenvalue weighted by Gasteiger charge is -2.29. The molecule has 1 atom stereocenters. The molecule has 0 heterocycles. The molecule has 0 saturated heterocycles. The van der Waals surface area contributed by atoms with Gasteiger partial charge < -0.3 is 9.84 Å². The first-order valence-electron chi connectivity index (χ1n) is 9.05. The van der Waals surface area contributed by atoms with Crippen LogP contribution in [0, 0.1) is 13.8 Å². The molecular formula is C22H31NO2. The van der Waals surface area contributed by atoms with Gasteiger partial charge in [0.25, 0.3) is 0 Å². The Morgan fingerprint density at radius 2 is 1.76 bits per heavy atom. The van der Waals surface area contributed by atoms with Crippen molar-refractivity contribution >= 4 is 0 Å². The van der Waals surface area contributed by atoms with E-state index in [0.29, 0.717) is 25.8 Å². The van der Waals surface area contributed by atoms with E-state index in [1.54, 1.807) is 0 Å². The van der Waals surface area contributed by atoms with Gasteiger partial charge in [-0.25, -0.2) is 0 Å². The predicted molar refractivity (Wildman–Crippen MR) is 104 cm³/mol. The van der Waals surface area contributed by atoms with Gasteiger partial charge in [0.05, 0.1) is 19.3 Å². The standard InChI is InChI=1S/C22H31NO2/c1-17(2)23(13-21-12-18(3)10-11-19(21)4)14-22(24)16-25-15-20-8-6-5-7-9-20/h5-12,17,22,24H,13-16H2,1-4H3/t22-/m0/s1. The largest absolute Gasteiger partial charge is 0.389 e. The van der Waals surface area contributed by atoms with E-state index in [1.807, 2.05) is 30.3 Å². The quantitative estimate of drug-likeness (QED) is 0.745. The lowest BCUT2D eigenvalue weighted by molar-refractivity contribution is 0.00310. The van der Waals surface area contributed by atoms with Crippen molar-refractivity contribution in [2.24, 2.45) is 0 Å². The van der Waals surface area contributed by atoms with Crippen molar-refractivity contribution in [3.63, 3.8) is 0 Å². The number of benzene rings is 2. The van der Waals surface area contributed by atoms with Crippen LogP contribution in [0.1, 0.15) is 36.1 Å². The van der Waals surface area contributed by atoms with Gasteiger partial charge >= 0.3 is 0 Å². The van der Waals surface area contributed by atoms with Gasteiger partial charge in [0.1, 0.15) is 0 Å². The summed E-state index contributed by atoms with van der Waals surface area (Å²) in [6.45, 7) is 11.0. The summed E-state index contributed by atoms with van der Waals surface area (Å²) in [6, 6.07) is 17.0. The number of aliphatic hydroxyl groups is 1. The van der Waals surface area contributed by atoms with E-state index >= 15 is 0 Å². The molecule has 0 aliphatic rings. The highest BCUT2D eigenvalue weighted by molar-refractivity contribution is 5.30. The van der Waals surface area contributed by atoms with Gasteiger partial charge in [0.15, 0.2) is 0 Å². The smallest absolute Gasteiger partial charge is 0.0900 e. The zero-order valence-corrected chi connectivity index (χ0v) is 15.9. The third-order valence-electron chi connectivity index (χ3n) is 4.48. The summed E-state index contributed by atoms with van der Waals surface area (Å²) < 4.78 is 5.68. The van der Waals surface area contributed by atoms with Crippen LogP contribution in [0.4, 0.5) is 0 Å². The molecule has 0 aliphatic heterocycles. The molecule has 0 aliphatic carbocycles. The zero-order chi connectivity index (χ0) is 18.2. The lowest BCUT2D eigenvalue weighted by atomic mass is 10.0. The van der Waals surface area contributed by atoms with Crippen LogP contribution in [0.2, 0.25) is 0 Å². The van der Waals surface area contributed by atoms with Crippen molar-refractivity contribution in [2.45, 2.75) is 53.0 Å². The number of aryl methyl sites for hydroxylation is 2. The third kappa shape index (κ3) is 6.62. The van der Waals surface area contributed by atoms with Crippen molar-refractivity contribution in [3.8, 4) is 0 Å². The minimum Gasteiger partial charge on any atom is -0.389 e. The van der Waals surface area contributed by atoms with Crippen LogP contribution in [0.3, 0.4) is 0 Å². The molecule has 0 radical (unpaired) electrons. The van der Waals surface area contributed by atoms with Crippen molar-refractivity contribution in [1.29, 1.82) is 0 Å². The van der Waals surface area contributed by atoms with Gasteiger partial charge in [-0.15, -0.1) is 0 Å². The molecular weight excluding hydrogens is 310 g/mol. The molecule has 0 bridgehead atoms. The summed E-state index contributed by atoms with van der Waals surface area (Å²) in [7, 11) is 0. The molecule has 2 rings (SSSR count). The Bertz CT molecular complexity index is 640. The summed E-state index contributed by atoms with van der Waals surface area (Å²) in [6.07, 6.45) is -0.490. The van der Waals surface area contributed by atoms with Crippen LogP contribution >= 0.6 is 0 Å². The van der Waals surface area contributed by atoms with Crippen molar-refractivity contribution in [2.75, 3.05) is 13.2 Å². The Morgan fingerprint density at radius 1 is 1.04 bits per heavy atom. The van der Waals surface area contributed by atoms with Crippen molar-refractivity contribution < 1.29 is 9.84 Å². The highest BCUT2D eigenvalue weighted by Gasteiger charge is 2.16. The maximum absolute atomic E-state index is 10.4. The molecule has 136 valence electrons. The highest BCUT2D eigenvalue weighted by Crippen LogP contribution is 2.15. The van der Waals surface area contributed by atoms with Crippen LogP contribution in [0.15, 0.2) is 48.5 Å². The van der Waals surface area contributed by atoms with Gasteiger partial charge in [-0.3, -0.25) is 4.90 Å².